The van der Waals surface area contributed by atoms with Gasteiger partial charge in [-0.1, -0.05) is 115 Å². The quantitative estimate of drug-likeness (QED) is 0.189. The fraction of sp³-hybridized carbons (Fsp3) is 0.167. The van der Waals surface area contributed by atoms with Gasteiger partial charge in [0.2, 0.25) is 0 Å². The summed E-state index contributed by atoms with van der Waals surface area (Å²) in [5.74, 6) is -3.13. The van der Waals surface area contributed by atoms with Crippen molar-refractivity contribution in [2.75, 3.05) is 0 Å². The zero-order valence-corrected chi connectivity index (χ0v) is 24.1. The molecular formula is C36H20F12. The van der Waals surface area contributed by atoms with Crippen molar-refractivity contribution in [3.8, 4) is 0 Å². The van der Waals surface area contributed by atoms with E-state index >= 15 is 52.7 Å². The van der Waals surface area contributed by atoms with Crippen molar-refractivity contribution in [3.05, 3.63) is 165 Å². The molecule has 6 rings (SSSR count). The summed E-state index contributed by atoms with van der Waals surface area (Å²) in [5.41, 5.74) is -18.3. The third-order valence-corrected chi connectivity index (χ3v) is 8.53. The van der Waals surface area contributed by atoms with Crippen LogP contribution in [0.1, 0.15) is 33.7 Å². The van der Waals surface area contributed by atoms with Crippen LogP contribution in [0.25, 0.3) is 11.1 Å². The fourth-order valence-electron chi connectivity index (χ4n) is 6.92. The first-order valence-corrected chi connectivity index (χ1v) is 14.2. The molecule has 0 saturated heterocycles. The summed E-state index contributed by atoms with van der Waals surface area (Å²) in [4.78, 5) is 0. The molecule has 12 heteroatoms. The Morgan fingerprint density at radius 3 is 1.33 bits per heavy atom. The lowest BCUT2D eigenvalue weighted by atomic mass is 9.49. The molecule has 0 heterocycles. The molecule has 0 amide bonds. The Kier molecular flexibility index (Phi) is 7.72. The van der Waals surface area contributed by atoms with E-state index in [1.165, 1.54) is 18.2 Å². The van der Waals surface area contributed by atoms with Crippen LogP contribution < -0.4 is 0 Å². The van der Waals surface area contributed by atoms with Gasteiger partial charge in [0, 0.05) is 5.57 Å². The van der Waals surface area contributed by atoms with E-state index < -0.39 is 97.3 Å². The van der Waals surface area contributed by atoms with Gasteiger partial charge in [0.25, 0.3) is 0 Å². The summed E-state index contributed by atoms with van der Waals surface area (Å²) in [5, 5.41) is 0. The molecule has 2 aliphatic rings. The van der Waals surface area contributed by atoms with Gasteiger partial charge in [0.1, 0.15) is 11.3 Å². The van der Waals surface area contributed by atoms with Gasteiger partial charge in [0.05, 0.1) is 11.1 Å². The topological polar surface area (TPSA) is 0 Å². The summed E-state index contributed by atoms with van der Waals surface area (Å²) in [6.07, 6.45) is -22.4. The molecule has 2 atom stereocenters. The van der Waals surface area contributed by atoms with Gasteiger partial charge in [-0.25, -0.2) is 0 Å². The van der Waals surface area contributed by atoms with Crippen molar-refractivity contribution < 1.29 is 52.7 Å². The van der Waals surface area contributed by atoms with E-state index in [9.17, 15) is 0 Å². The van der Waals surface area contributed by atoms with Crippen molar-refractivity contribution in [1.82, 2.24) is 0 Å². The minimum Gasteiger partial charge on any atom is -0.170 e. The van der Waals surface area contributed by atoms with Crippen molar-refractivity contribution in [2.24, 2.45) is 0 Å². The smallest absolute Gasteiger partial charge is 0.170 e. The highest BCUT2D eigenvalue weighted by Crippen LogP contribution is 2.71. The van der Waals surface area contributed by atoms with Crippen LogP contribution in [-0.2, 0) is 5.41 Å². The van der Waals surface area contributed by atoms with Crippen molar-refractivity contribution in [2.45, 2.75) is 36.0 Å². The van der Waals surface area contributed by atoms with Crippen molar-refractivity contribution >= 4 is 11.1 Å². The van der Waals surface area contributed by atoms with Crippen LogP contribution in [0.3, 0.4) is 0 Å². The number of halogens is 12. The Morgan fingerprint density at radius 1 is 0.479 bits per heavy atom. The first-order valence-electron chi connectivity index (χ1n) is 14.2. The SMILES string of the molecule is FC(F)(F)/C(=C1C2=C(C\1=C(\c1ccccc1)C(F)(F)F)[C@](c1ccccc1)(C(F)(F)F)c1ccccc1[C@H]2C(F)(F)F)c1ccccc1. The van der Waals surface area contributed by atoms with E-state index in [-0.39, 0.29) is 0 Å². The third-order valence-electron chi connectivity index (χ3n) is 8.53. The van der Waals surface area contributed by atoms with Gasteiger partial charge in [-0.3, -0.25) is 0 Å². The molecule has 4 aromatic rings. The highest BCUT2D eigenvalue weighted by atomic mass is 19.4. The Balaban J connectivity index is 1.99. The minimum absolute atomic E-state index is 0.720. The van der Waals surface area contributed by atoms with Gasteiger partial charge in [-0.15, -0.1) is 0 Å². The predicted molar refractivity (Wildman–Crippen MR) is 154 cm³/mol. The van der Waals surface area contributed by atoms with Gasteiger partial charge in [0.15, 0.2) is 0 Å². The summed E-state index contributed by atoms with van der Waals surface area (Å²) >= 11 is 0. The molecule has 0 aromatic heterocycles. The van der Waals surface area contributed by atoms with Crippen LogP contribution in [0.4, 0.5) is 52.7 Å². The first-order chi connectivity index (χ1) is 22.4. The van der Waals surface area contributed by atoms with E-state index in [4.69, 9.17) is 0 Å². The minimum atomic E-state index is -5.66. The normalized spacial score (nSPS) is 22.0. The molecule has 248 valence electrons. The maximum atomic E-state index is 16.0. The van der Waals surface area contributed by atoms with Gasteiger partial charge in [-0.05, 0) is 44.5 Å². The van der Waals surface area contributed by atoms with E-state index in [0.29, 0.717) is 0 Å². The maximum Gasteiger partial charge on any atom is 0.417 e. The molecule has 0 radical (unpaired) electrons. The summed E-state index contributed by atoms with van der Waals surface area (Å²) in [6.45, 7) is 0. The lowest BCUT2D eigenvalue weighted by Gasteiger charge is -2.53. The number of benzene rings is 4. The molecule has 48 heavy (non-hydrogen) atoms. The standard InChI is InChI=1S/C36H20F12/c37-33(38,39)28(20-12-4-1-5-13-20)25-26(29(34(40,41)42)21-14-6-2-7-15-21)31-27(25)30(35(43,44)45)23-18-10-11-19-24(23)32(31,36(46,47)48)22-16-8-3-9-17-22/h1-19,30H/b28-25-,29-26-/t30-,32-/m1/s1. The van der Waals surface area contributed by atoms with Gasteiger partial charge >= 0.3 is 24.7 Å². The van der Waals surface area contributed by atoms with Crippen molar-refractivity contribution in [3.63, 3.8) is 0 Å². The van der Waals surface area contributed by atoms with Crippen LogP contribution in [0, 0.1) is 0 Å². The average molecular weight is 681 g/mol. The Bertz CT molecular complexity index is 1940. The summed E-state index contributed by atoms with van der Waals surface area (Å²) in [6, 6.07) is 19.0. The largest absolute Gasteiger partial charge is 0.417 e. The summed E-state index contributed by atoms with van der Waals surface area (Å²) in [7, 11) is 0. The number of alkyl halides is 12. The molecule has 0 unspecified atom stereocenters. The van der Waals surface area contributed by atoms with Crippen LogP contribution in [0.5, 0.6) is 0 Å². The average Bonchev–Trinajstić information content (AvgIpc) is 3.00. The second-order valence-corrected chi connectivity index (χ2v) is 11.2. The molecule has 0 fully saturated rings. The van der Waals surface area contributed by atoms with Crippen LogP contribution >= 0.6 is 0 Å². The second-order valence-electron chi connectivity index (χ2n) is 11.2. The monoisotopic (exact) mass is 680 g/mol. The second kappa shape index (κ2) is 11.2. The zero-order valence-electron chi connectivity index (χ0n) is 24.1. The fourth-order valence-corrected chi connectivity index (χ4v) is 6.92. The zero-order chi connectivity index (χ0) is 34.9. The van der Waals surface area contributed by atoms with Crippen LogP contribution in [-0.4, -0.2) is 24.7 Å². The van der Waals surface area contributed by atoms with E-state index in [1.54, 1.807) is 0 Å². The summed E-state index contributed by atoms with van der Waals surface area (Å²) < 4.78 is 185. The van der Waals surface area contributed by atoms with Crippen LogP contribution in [0.15, 0.2) is 138 Å². The lowest BCUT2D eigenvalue weighted by Crippen LogP contribution is -2.54. The highest BCUT2D eigenvalue weighted by Gasteiger charge is 2.70. The molecule has 2 aliphatic carbocycles. The van der Waals surface area contributed by atoms with Gasteiger partial charge in [-0.2, -0.15) is 52.7 Å². The third kappa shape index (κ3) is 5.03. The van der Waals surface area contributed by atoms with Crippen LogP contribution in [0.2, 0.25) is 0 Å². The Morgan fingerprint density at radius 2 is 0.896 bits per heavy atom. The van der Waals surface area contributed by atoms with Gasteiger partial charge < -0.3 is 0 Å². The number of hydrogen-bond donors (Lipinski definition) is 0. The highest BCUT2D eigenvalue weighted by molar-refractivity contribution is 5.99. The molecule has 0 N–H and O–H groups in total. The number of fused-ring (bicyclic) bond motifs is 1. The van der Waals surface area contributed by atoms with Crippen molar-refractivity contribution in [1.29, 1.82) is 0 Å². The molecule has 0 aliphatic heterocycles. The molecule has 0 saturated carbocycles. The number of allylic oxidation sites excluding steroid dienone is 6. The predicted octanol–water partition coefficient (Wildman–Crippen LogP) is 11.5. The van der Waals surface area contributed by atoms with E-state index in [2.05, 4.69) is 0 Å². The van der Waals surface area contributed by atoms with E-state index in [0.717, 1.165) is 97.1 Å². The number of hydrogen-bond acceptors (Lipinski definition) is 0. The lowest BCUT2D eigenvalue weighted by molar-refractivity contribution is -0.173. The van der Waals surface area contributed by atoms with E-state index in [1.807, 2.05) is 0 Å². The maximum absolute atomic E-state index is 16.0. The molecule has 0 spiro atoms. The molecule has 0 bridgehead atoms. The Labute approximate surface area is 265 Å². The molecular weight excluding hydrogens is 660 g/mol. The number of rotatable bonds is 3. The molecule has 0 nitrogen and oxygen atoms in total. The Hall–Kier alpha value is -4.74. The molecule has 4 aromatic carbocycles. The first kappa shape index (κ1) is 33.2.